The van der Waals surface area contributed by atoms with Gasteiger partial charge in [0.15, 0.2) is 5.78 Å². The first-order valence-electron chi connectivity index (χ1n) is 13.8. The Morgan fingerprint density at radius 3 is 2.23 bits per heavy atom. The fourth-order valence-corrected chi connectivity index (χ4v) is 4.05. The minimum atomic E-state index is 0.0597. The molecule has 3 rings (SSSR count). The van der Waals surface area contributed by atoms with E-state index >= 15 is 0 Å². The van der Waals surface area contributed by atoms with Crippen LogP contribution in [-0.2, 0) is 13.0 Å². The Morgan fingerprint density at radius 2 is 1.74 bits per heavy atom. The second-order valence-corrected chi connectivity index (χ2v) is 10.3. The van der Waals surface area contributed by atoms with Crippen molar-refractivity contribution in [2.75, 3.05) is 7.05 Å². The van der Waals surface area contributed by atoms with Crippen LogP contribution in [0.15, 0.2) is 65.6 Å². The number of Topliss-reactive ketones (excluding diaryl/α,β-unsaturated/α-hetero) is 1. The van der Waals surface area contributed by atoms with Crippen LogP contribution in [0.3, 0.4) is 0 Å². The maximum Gasteiger partial charge on any atom is 0.159 e. The number of thiazole rings is 1. The topological polar surface area (TPSA) is 51.5 Å². The van der Waals surface area contributed by atoms with Crippen LogP contribution in [0.2, 0.25) is 0 Å². The van der Waals surface area contributed by atoms with Crippen LogP contribution < -0.4 is 4.74 Å². The number of benzene rings is 2. The number of allylic oxidation sites excluding steroid dienone is 1. The maximum absolute atomic E-state index is 11.4. The van der Waals surface area contributed by atoms with Crippen molar-refractivity contribution in [2.24, 2.45) is 4.99 Å². The minimum Gasteiger partial charge on any atom is -0.489 e. The lowest BCUT2D eigenvalue weighted by Crippen LogP contribution is -2.00. The van der Waals surface area contributed by atoms with Gasteiger partial charge in [-0.15, -0.1) is 17.9 Å². The van der Waals surface area contributed by atoms with E-state index in [1.165, 1.54) is 47.5 Å². The fraction of sp³-hybridized carbons (Fsp3) is 0.441. The Balaban J connectivity index is 0.000000608. The van der Waals surface area contributed by atoms with Gasteiger partial charge in [0.25, 0.3) is 0 Å². The summed E-state index contributed by atoms with van der Waals surface area (Å²) in [6.45, 7) is 19.8. The number of carbonyl (C=O) groups excluding carboxylic acids is 1. The highest BCUT2D eigenvalue weighted by atomic mass is 32.1. The van der Waals surface area contributed by atoms with Gasteiger partial charge < -0.3 is 4.74 Å². The van der Waals surface area contributed by atoms with Crippen LogP contribution in [0.4, 0.5) is 0 Å². The first kappa shape index (κ1) is 35.9. The first-order valence-corrected chi connectivity index (χ1v) is 14.7. The summed E-state index contributed by atoms with van der Waals surface area (Å²) in [5.41, 5.74) is 8.49. The third-order valence-corrected chi connectivity index (χ3v) is 6.85. The van der Waals surface area contributed by atoms with Crippen molar-refractivity contribution in [1.29, 1.82) is 0 Å². The first-order chi connectivity index (χ1) is 18.6. The van der Waals surface area contributed by atoms with E-state index in [0.29, 0.717) is 12.2 Å². The summed E-state index contributed by atoms with van der Waals surface area (Å²) in [5.74, 6) is 0.804. The lowest BCUT2D eigenvalue weighted by Gasteiger charge is -2.10. The molecule has 0 atom stereocenters. The van der Waals surface area contributed by atoms with Gasteiger partial charge in [0.2, 0.25) is 0 Å². The summed E-state index contributed by atoms with van der Waals surface area (Å²) >= 11 is 1.79. The van der Waals surface area contributed by atoms with Crippen LogP contribution in [-0.4, -0.2) is 23.5 Å². The predicted molar refractivity (Wildman–Crippen MR) is 172 cm³/mol. The number of hydrogen-bond donors (Lipinski definition) is 0. The largest absolute Gasteiger partial charge is 0.489 e. The summed E-state index contributed by atoms with van der Waals surface area (Å²) in [6.07, 6.45) is 8.02. The normalized spacial score (nSPS) is 10.1. The second kappa shape index (κ2) is 21.8. The molecule has 4 nitrogen and oxygen atoms in total. The Labute approximate surface area is 242 Å². The molecule has 39 heavy (non-hydrogen) atoms. The van der Waals surface area contributed by atoms with Crippen molar-refractivity contribution in [3.8, 4) is 5.75 Å². The predicted octanol–water partition coefficient (Wildman–Crippen LogP) is 9.95. The summed E-state index contributed by atoms with van der Waals surface area (Å²) in [6, 6.07) is 13.8. The van der Waals surface area contributed by atoms with Gasteiger partial charge in [0, 0.05) is 23.2 Å². The molecule has 5 heteroatoms. The molecule has 0 aliphatic carbocycles. The van der Waals surface area contributed by atoms with E-state index < -0.39 is 0 Å². The summed E-state index contributed by atoms with van der Waals surface area (Å²) in [5, 5.41) is 0. The zero-order valence-corrected chi connectivity index (χ0v) is 26.6. The Hall–Kier alpha value is -3.05. The van der Waals surface area contributed by atoms with Gasteiger partial charge in [-0.3, -0.25) is 9.79 Å². The Morgan fingerprint density at radius 1 is 1.08 bits per heavy atom. The molecule has 2 aromatic carbocycles. The highest BCUT2D eigenvalue weighted by molar-refractivity contribution is 7.09. The third kappa shape index (κ3) is 16.5. The van der Waals surface area contributed by atoms with E-state index in [2.05, 4.69) is 56.4 Å². The molecule has 0 radical (unpaired) electrons. The molecule has 0 unspecified atom stereocenters. The van der Waals surface area contributed by atoms with Crippen molar-refractivity contribution < 1.29 is 9.53 Å². The number of rotatable bonds is 9. The standard InChI is InChI=1S/C17H18O2.C9H15NS.C5H11N.C3H6/c1-12-8-16(14(3)18)10-17(9-12)19-11-15-7-5-4-6-13(15)2;1-3-4-5-6-9-8(2)10-7-11-9;1-4-5(2)6-3;1-3-2/h4-10H,11H2,1-3H3;7H,3-6H2,1-2H3;4H2,1-3H3;3H,1H2,2H3. The average molecular weight is 551 g/mol. The van der Waals surface area contributed by atoms with Gasteiger partial charge in [-0.1, -0.05) is 57.0 Å². The molecule has 214 valence electrons. The Kier molecular flexibility index (Phi) is 20.1. The molecule has 0 bridgehead atoms. The van der Waals surface area contributed by atoms with E-state index in [4.69, 9.17) is 4.74 Å². The number of carbonyl (C=O) groups is 1. The zero-order valence-electron chi connectivity index (χ0n) is 25.8. The molecular weight excluding hydrogens is 500 g/mol. The Bertz CT molecular complexity index is 1130. The van der Waals surface area contributed by atoms with E-state index in [-0.39, 0.29) is 5.78 Å². The number of unbranched alkanes of at least 4 members (excludes halogenated alkanes) is 2. The molecule has 0 saturated carbocycles. The van der Waals surface area contributed by atoms with Crippen molar-refractivity contribution in [3.05, 3.63) is 93.5 Å². The molecule has 3 aromatic rings. The highest BCUT2D eigenvalue weighted by Gasteiger charge is 2.05. The number of aromatic nitrogens is 1. The zero-order chi connectivity index (χ0) is 29.6. The number of nitrogens with zero attached hydrogens (tertiary/aromatic N) is 2. The van der Waals surface area contributed by atoms with E-state index in [0.717, 1.165) is 23.3 Å². The maximum atomic E-state index is 11.4. The molecule has 0 aliphatic rings. The number of aryl methyl sites for hydroxylation is 4. The number of aliphatic imine (C=N–C) groups is 1. The van der Waals surface area contributed by atoms with Crippen LogP contribution >= 0.6 is 11.3 Å². The van der Waals surface area contributed by atoms with Gasteiger partial charge in [-0.25, -0.2) is 4.98 Å². The SMILES string of the molecule is C=CC.CC(=O)c1cc(C)cc(OCc2ccccc2C)c1.CCC(C)=NC.CCCCCc1scnc1C. The molecule has 0 spiro atoms. The smallest absolute Gasteiger partial charge is 0.159 e. The van der Waals surface area contributed by atoms with Crippen LogP contribution in [0, 0.1) is 20.8 Å². The molecule has 0 aliphatic heterocycles. The van der Waals surface area contributed by atoms with Crippen LogP contribution in [0.25, 0.3) is 0 Å². The molecule has 1 aromatic heterocycles. The van der Waals surface area contributed by atoms with Gasteiger partial charge in [0.1, 0.15) is 12.4 Å². The van der Waals surface area contributed by atoms with Gasteiger partial charge >= 0.3 is 0 Å². The van der Waals surface area contributed by atoms with Gasteiger partial charge in [0.05, 0.1) is 11.2 Å². The number of hydrogen-bond acceptors (Lipinski definition) is 5. The molecule has 0 fully saturated rings. The summed E-state index contributed by atoms with van der Waals surface area (Å²) in [4.78, 5) is 21.0. The van der Waals surface area contributed by atoms with E-state index in [1.54, 1.807) is 30.4 Å². The highest BCUT2D eigenvalue weighted by Crippen LogP contribution is 2.19. The monoisotopic (exact) mass is 550 g/mol. The summed E-state index contributed by atoms with van der Waals surface area (Å²) < 4.78 is 5.79. The van der Waals surface area contributed by atoms with Gasteiger partial charge in [-0.05, 0) is 95.7 Å². The average Bonchev–Trinajstić information content (AvgIpc) is 3.33. The molecule has 0 saturated heterocycles. The fourth-order valence-electron chi connectivity index (χ4n) is 3.23. The van der Waals surface area contributed by atoms with E-state index in [1.807, 2.05) is 57.6 Å². The number of ether oxygens (including phenoxy) is 1. The third-order valence-electron chi connectivity index (χ3n) is 5.86. The molecule has 1 heterocycles. The number of ketones is 1. The second-order valence-electron chi connectivity index (χ2n) is 9.34. The molecule has 0 amide bonds. The molecular formula is C34H50N2O2S. The van der Waals surface area contributed by atoms with Crippen molar-refractivity contribution >= 4 is 22.8 Å². The van der Waals surface area contributed by atoms with Crippen molar-refractivity contribution in [1.82, 2.24) is 4.98 Å². The lowest BCUT2D eigenvalue weighted by atomic mass is 10.1. The molecule has 0 N–H and O–H groups in total. The van der Waals surface area contributed by atoms with Crippen molar-refractivity contribution in [2.45, 2.75) is 94.1 Å². The summed E-state index contributed by atoms with van der Waals surface area (Å²) in [7, 11) is 1.82. The lowest BCUT2D eigenvalue weighted by molar-refractivity contribution is 0.101. The van der Waals surface area contributed by atoms with Crippen molar-refractivity contribution in [3.63, 3.8) is 0 Å². The quantitative estimate of drug-likeness (QED) is 0.115. The minimum absolute atomic E-state index is 0.0597. The van der Waals surface area contributed by atoms with Crippen LogP contribution in [0.5, 0.6) is 5.75 Å². The van der Waals surface area contributed by atoms with Gasteiger partial charge in [-0.2, -0.15) is 0 Å². The van der Waals surface area contributed by atoms with E-state index in [9.17, 15) is 4.79 Å². The van der Waals surface area contributed by atoms with Crippen LogP contribution in [0.1, 0.15) is 97.9 Å².